The summed E-state index contributed by atoms with van der Waals surface area (Å²) in [6, 6.07) is 9.72. The molecule has 5 heteroatoms. The van der Waals surface area contributed by atoms with E-state index in [1.54, 1.807) is 6.20 Å². The Kier molecular flexibility index (Phi) is 6.37. The van der Waals surface area contributed by atoms with Crippen LogP contribution in [0.5, 0.6) is 0 Å². The first-order chi connectivity index (χ1) is 10.1. The van der Waals surface area contributed by atoms with Gasteiger partial charge in [-0.3, -0.25) is 0 Å². The quantitative estimate of drug-likeness (QED) is 0.773. The predicted molar refractivity (Wildman–Crippen MR) is 91.4 cm³/mol. The van der Waals surface area contributed by atoms with Gasteiger partial charge in [0, 0.05) is 22.7 Å². The largest absolute Gasteiger partial charge is 0.312 e. The molecule has 0 aliphatic carbocycles. The van der Waals surface area contributed by atoms with Crippen molar-refractivity contribution in [3.63, 3.8) is 0 Å². The number of hydrogen-bond acceptors (Lipinski definition) is 3. The fraction of sp³-hybridized carbons (Fsp3) is 0.312. The van der Waals surface area contributed by atoms with Crippen LogP contribution in [0.4, 0.5) is 0 Å². The molecule has 0 aliphatic heterocycles. The molecule has 0 amide bonds. The molecule has 0 atom stereocenters. The van der Waals surface area contributed by atoms with Gasteiger partial charge in [-0.05, 0) is 42.3 Å². The molecule has 1 N–H and O–H groups in total. The van der Waals surface area contributed by atoms with Crippen LogP contribution in [0.2, 0.25) is 10.0 Å². The van der Waals surface area contributed by atoms with Crippen LogP contribution in [0.3, 0.4) is 0 Å². The van der Waals surface area contributed by atoms with Crippen LogP contribution < -0.4 is 5.32 Å². The second kappa shape index (κ2) is 8.04. The van der Waals surface area contributed by atoms with Crippen LogP contribution >= 0.6 is 35.0 Å². The molecule has 1 heterocycles. The van der Waals surface area contributed by atoms with E-state index in [1.807, 2.05) is 24.3 Å². The van der Waals surface area contributed by atoms with Crippen LogP contribution in [0, 0.1) is 5.92 Å². The predicted octanol–water partition coefficient (Wildman–Crippen LogP) is 5.29. The van der Waals surface area contributed by atoms with Crippen molar-refractivity contribution in [2.45, 2.75) is 30.3 Å². The summed E-state index contributed by atoms with van der Waals surface area (Å²) in [6.07, 6.45) is 1.74. The van der Waals surface area contributed by atoms with Gasteiger partial charge in [0.2, 0.25) is 0 Å². The van der Waals surface area contributed by atoms with Gasteiger partial charge in [0.15, 0.2) is 0 Å². The minimum atomic E-state index is 0.630. The van der Waals surface area contributed by atoms with Crippen molar-refractivity contribution in [3.8, 4) is 0 Å². The van der Waals surface area contributed by atoms with E-state index in [2.05, 4.69) is 30.2 Å². The molecule has 0 aliphatic rings. The SMILES string of the molecule is CC(C)CNCc1ccc(Sc2ncccc2Cl)cc1Cl. The second-order valence-corrected chi connectivity index (χ2v) is 7.05. The van der Waals surface area contributed by atoms with E-state index in [-0.39, 0.29) is 0 Å². The van der Waals surface area contributed by atoms with Crippen LogP contribution in [-0.4, -0.2) is 11.5 Å². The third-order valence-electron chi connectivity index (χ3n) is 2.83. The molecular formula is C16H18Cl2N2S. The lowest BCUT2D eigenvalue weighted by molar-refractivity contribution is 0.552. The van der Waals surface area contributed by atoms with Crippen LogP contribution in [0.15, 0.2) is 46.5 Å². The maximum Gasteiger partial charge on any atom is 0.119 e. The van der Waals surface area contributed by atoms with Crippen molar-refractivity contribution in [3.05, 3.63) is 52.1 Å². The number of benzene rings is 1. The Morgan fingerprint density at radius 3 is 2.67 bits per heavy atom. The molecule has 2 aromatic rings. The van der Waals surface area contributed by atoms with Crippen molar-refractivity contribution < 1.29 is 0 Å². The Morgan fingerprint density at radius 1 is 1.19 bits per heavy atom. The molecule has 2 nitrogen and oxygen atoms in total. The maximum atomic E-state index is 6.34. The van der Waals surface area contributed by atoms with Crippen molar-refractivity contribution >= 4 is 35.0 Å². The summed E-state index contributed by atoms with van der Waals surface area (Å²) in [5, 5.41) is 5.61. The maximum absolute atomic E-state index is 6.34. The molecule has 0 spiro atoms. The van der Waals surface area contributed by atoms with Crippen molar-refractivity contribution in [2.24, 2.45) is 5.92 Å². The van der Waals surface area contributed by atoms with Gasteiger partial charge >= 0.3 is 0 Å². The summed E-state index contributed by atoms with van der Waals surface area (Å²) < 4.78 is 0. The van der Waals surface area contributed by atoms with Crippen LogP contribution in [0.1, 0.15) is 19.4 Å². The zero-order valence-electron chi connectivity index (χ0n) is 12.1. The standard InChI is InChI=1S/C16H18Cl2N2S/c1-11(2)9-19-10-12-5-6-13(8-15(12)18)21-16-14(17)4-3-7-20-16/h3-8,11,19H,9-10H2,1-2H3. The zero-order chi connectivity index (χ0) is 15.2. The molecular weight excluding hydrogens is 323 g/mol. The Labute approximate surface area is 140 Å². The third kappa shape index (κ3) is 5.19. The summed E-state index contributed by atoms with van der Waals surface area (Å²) in [4.78, 5) is 5.31. The molecule has 112 valence electrons. The van der Waals surface area contributed by atoms with Gasteiger partial charge in [-0.1, -0.05) is 54.9 Å². The Hall–Kier alpha value is -0.740. The van der Waals surface area contributed by atoms with Gasteiger partial charge in [0.1, 0.15) is 5.03 Å². The van der Waals surface area contributed by atoms with Gasteiger partial charge in [-0.15, -0.1) is 0 Å². The number of hydrogen-bond donors (Lipinski definition) is 1. The lowest BCUT2D eigenvalue weighted by Gasteiger charge is -2.10. The molecule has 2 rings (SSSR count). The van der Waals surface area contributed by atoms with E-state index in [0.29, 0.717) is 10.9 Å². The minimum absolute atomic E-state index is 0.630. The van der Waals surface area contributed by atoms with Crippen molar-refractivity contribution in [2.75, 3.05) is 6.54 Å². The molecule has 0 bridgehead atoms. The highest BCUT2D eigenvalue weighted by Crippen LogP contribution is 2.33. The molecule has 0 unspecified atom stereocenters. The van der Waals surface area contributed by atoms with Gasteiger partial charge < -0.3 is 5.32 Å². The zero-order valence-corrected chi connectivity index (χ0v) is 14.4. The lowest BCUT2D eigenvalue weighted by Crippen LogP contribution is -2.19. The minimum Gasteiger partial charge on any atom is -0.312 e. The number of pyridine rings is 1. The van der Waals surface area contributed by atoms with E-state index in [0.717, 1.165) is 33.6 Å². The third-order valence-corrected chi connectivity index (χ3v) is 4.61. The number of rotatable bonds is 6. The normalized spacial score (nSPS) is 11.1. The smallest absolute Gasteiger partial charge is 0.119 e. The molecule has 1 aromatic carbocycles. The molecule has 0 saturated heterocycles. The van der Waals surface area contributed by atoms with E-state index in [9.17, 15) is 0 Å². The molecule has 1 aromatic heterocycles. The first-order valence-corrected chi connectivity index (χ1v) is 8.41. The average Bonchev–Trinajstić information content (AvgIpc) is 2.43. The number of nitrogens with one attached hydrogen (secondary N) is 1. The lowest BCUT2D eigenvalue weighted by atomic mass is 10.2. The summed E-state index contributed by atoms with van der Waals surface area (Å²) in [6.45, 7) is 6.14. The monoisotopic (exact) mass is 340 g/mol. The Balaban J connectivity index is 2.03. The van der Waals surface area contributed by atoms with Crippen LogP contribution in [0.25, 0.3) is 0 Å². The van der Waals surface area contributed by atoms with Gasteiger partial charge in [-0.25, -0.2) is 4.98 Å². The van der Waals surface area contributed by atoms with Crippen LogP contribution in [-0.2, 0) is 6.54 Å². The van der Waals surface area contributed by atoms with Gasteiger partial charge in [0.05, 0.1) is 5.02 Å². The number of aromatic nitrogens is 1. The van der Waals surface area contributed by atoms with Gasteiger partial charge in [0.25, 0.3) is 0 Å². The Bertz CT molecular complexity index is 603. The van der Waals surface area contributed by atoms with Crippen molar-refractivity contribution in [1.82, 2.24) is 10.3 Å². The number of nitrogens with zero attached hydrogens (tertiary/aromatic N) is 1. The van der Waals surface area contributed by atoms with E-state index < -0.39 is 0 Å². The number of halogens is 2. The van der Waals surface area contributed by atoms with E-state index in [1.165, 1.54) is 11.8 Å². The summed E-state index contributed by atoms with van der Waals surface area (Å²) >= 11 is 14.0. The molecule has 0 saturated carbocycles. The van der Waals surface area contributed by atoms with E-state index in [4.69, 9.17) is 23.2 Å². The summed E-state index contributed by atoms with van der Waals surface area (Å²) in [5.41, 5.74) is 1.11. The topological polar surface area (TPSA) is 24.9 Å². The molecule has 0 radical (unpaired) electrons. The fourth-order valence-electron chi connectivity index (χ4n) is 1.79. The highest BCUT2D eigenvalue weighted by Gasteiger charge is 2.07. The summed E-state index contributed by atoms with van der Waals surface area (Å²) in [7, 11) is 0. The first-order valence-electron chi connectivity index (χ1n) is 6.84. The van der Waals surface area contributed by atoms with E-state index >= 15 is 0 Å². The van der Waals surface area contributed by atoms with Gasteiger partial charge in [-0.2, -0.15) is 0 Å². The fourth-order valence-corrected chi connectivity index (χ4v) is 3.15. The Morgan fingerprint density at radius 2 is 2.00 bits per heavy atom. The van der Waals surface area contributed by atoms with Crippen molar-refractivity contribution in [1.29, 1.82) is 0 Å². The highest BCUT2D eigenvalue weighted by molar-refractivity contribution is 7.99. The summed E-state index contributed by atoms with van der Waals surface area (Å²) in [5.74, 6) is 0.630. The molecule has 21 heavy (non-hydrogen) atoms. The second-order valence-electron chi connectivity index (χ2n) is 5.17. The average molecular weight is 341 g/mol. The first kappa shape index (κ1) is 16.6. The highest BCUT2D eigenvalue weighted by atomic mass is 35.5. The molecule has 0 fully saturated rings.